The van der Waals surface area contributed by atoms with E-state index in [0.717, 1.165) is 24.4 Å². The fraction of sp³-hybridized carbons (Fsp3) is 0.375. The van der Waals surface area contributed by atoms with Gasteiger partial charge < -0.3 is 77.3 Å². The van der Waals surface area contributed by atoms with Crippen molar-refractivity contribution in [2.24, 2.45) is 16.2 Å². The molecule has 5 fully saturated rings. The number of aromatic nitrogens is 9. The Hall–Kier alpha value is -8.81. The van der Waals surface area contributed by atoms with Crippen LogP contribution < -0.4 is 34.4 Å². The second kappa shape index (κ2) is 30.3. The van der Waals surface area contributed by atoms with Crippen LogP contribution in [0.3, 0.4) is 0 Å². The maximum atomic E-state index is 14.9. The Morgan fingerprint density at radius 3 is 1.26 bits per heavy atom. The van der Waals surface area contributed by atoms with Crippen molar-refractivity contribution in [3.63, 3.8) is 0 Å². The van der Waals surface area contributed by atoms with Crippen LogP contribution in [-0.2, 0) is 31.8 Å². The van der Waals surface area contributed by atoms with Crippen molar-refractivity contribution in [2.45, 2.75) is 175 Å². The van der Waals surface area contributed by atoms with E-state index < -0.39 is 58.5 Å². The molecule has 31 heteroatoms. The van der Waals surface area contributed by atoms with Crippen molar-refractivity contribution in [3.05, 3.63) is 188 Å². The van der Waals surface area contributed by atoms with Crippen LogP contribution in [0.25, 0.3) is 65.4 Å². The molecule has 0 amide bonds. The summed E-state index contributed by atoms with van der Waals surface area (Å²) in [7, 11) is 0. The fourth-order valence-electron chi connectivity index (χ4n) is 16.6. The molecule has 12 aromatic rings. The average molecular weight is 1650 g/mol. The minimum absolute atomic E-state index is 0. The minimum Gasteiger partial charge on any atom is -0.390 e. The van der Waals surface area contributed by atoms with Crippen molar-refractivity contribution < 1.29 is 55.5 Å². The van der Waals surface area contributed by atoms with Gasteiger partial charge in [0.15, 0.2) is 29.0 Å². The summed E-state index contributed by atoms with van der Waals surface area (Å²) in [4.78, 5) is 24.1. The molecule has 2 saturated heterocycles. The second-order valence-electron chi connectivity index (χ2n) is 30.5. The van der Waals surface area contributed by atoms with Gasteiger partial charge in [0.25, 0.3) is 0 Å². The normalized spacial score (nSPS) is 25.4. The van der Waals surface area contributed by atoms with Crippen LogP contribution in [0.2, 0.25) is 15.1 Å². The number of pyridine rings is 6. The lowest BCUT2D eigenvalue weighted by molar-refractivity contribution is -0.168. The molecule has 3 aliphatic carbocycles. The first-order chi connectivity index (χ1) is 51.4. The predicted molar refractivity (Wildman–Crippen MR) is 429 cm³/mol. The Bertz CT molecular complexity index is 5640. The maximum Gasteiger partial charge on any atom is 0.165 e. The number of ether oxygens (including phenoxy) is 4. The Morgan fingerprint density at radius 1 is 0.477 bits per heavy atom. The minimum atomic E-state index is -1.12. The number of nitrogen functional groups attached to an aromatic ring is 6. The summed E-state index contributed by atoms with van der Waals surface area (Å²) in [6, 6.07) is 18.4. The van der Waals surface area contributed by atoms with E-state index in [4.69, 9.17) is 88.2 Å². The van der Waals surface area contributed by atoms with E-state index >= 15 is 0 Å². The van der Waals surface area contributed by atoms with Crippen LogP contribution in [0.5, 0.6) is 0 Å². The summed E-state index contributed by atoms with van der Waals surface area (Å²) in [6.07, 6.45) is 11.7. The highest BCUT2D eigenvalue weighted by Crippen LogP contribution is 2.58. The van der Waals surface area contributed by atoms with Crippen LogP contribution in [0.4, 0.5) is 61.2 Å². The van der Waals surface area contributed by atoms with Crippen molar-refractivity contribution in [2.75, 3.05) is 34.4 Å². The lowest BCUT2D eigenvalue weighted by Crippen LogP contribution is -2.35. The van der Waals surface area contributed by atoms with Gasteiger partial charge in [-0.2, -0.15) is 0 Å². The summed E-state index contributed by atoms with van der Waals surface area (Å²) in [6.45, 7) is 17.7. The molecule has 21 nitrogen and oxygen atoms in total. The van der Waals surface area contributed by atoms with E-state index in [1.54, 1.807) is 41.1 Å². The molecule has 5 aliphatic rings. The zero-order chi connectivity index (χ0) is 78.2. The van der Waals surface area contributed by atoms with Crippen molar-refractivity contribution >= 4 is 151 Å². The molecular formula is C80H87BrCl3F6N15O6. The van der Waals surface area contributed by atoms with Crippen LogP contribution in [0.1, 0.15) is 125 Å². The number of anilines is 6. The third-order valence-corrected chi connectivity index (χ3v) is 23.5. The van der Waals surface area contributed by atoms with Crippen molar-refractivity contribution in [1.29, 1.82) is 0 Å². The molecule has 9 aromatic heterocycles. The molecule has 0 spiro atoms. The van der Waals surface area contributed by atoms with Crippen molar-refractivity contribution in [3.8, 4) is 0 Å². The molecule has 0 bridgehead atoms. The number of hydrogen-bond donors (Lipinski definition) is 8. The topological polar surface area (TPSA) is 326 Å². The van der Waals surface area contributed by atoms with E-state index in [1.165, 1.54) is 42.6 Å². The van der Waals surface area contributed by atoms with Gasteiger partial charge in [-0.05, 0) is 167 Å². The number of fused-ring (bicyclic) bond motifs is 8. The Morgan fingerprint density at radius 2 is 0.838 bits per heavy atom. The maximum absolute atomic E-state index is 14.9. The van der Waals surface area contributed by atoms with Gasteiger partial charge in [-0.25, -0.2) is 56.2 Å². The highest BCUT2D eigenvalue weighted by atomic mass is 79.9. The lowest BCUT2D eigenvalue weighted by Gasteiger charge is -2.32. The SMILES string of the molecule is C.C.C=C[C@@]1(C)C[C@@H](n2ccc3c(N)ncc(F)c32)[C@@H]2OC(C)(C)O[C@@H]21.CC1(C)O[C@H]2[C@H](n3ccc4c(N)ncc(F)c43)C[C@](C)(CCc3cc(F)c4cc(Cl)c(N)nc4c3)[C@H]2O1.C[C@]1(CCc2cc(F)c3cc(Cl)c(N)nc3c2)C[C@@H](n2ccc3c(N)ncc(F)c32)[C@H](O)[C@@H]1O.Nc1nc2cc(Br)cc(F)c2cc1Cl. The second-order valence-corrected chi connectivity index (χ2v) is 32.7. The molecule has 0 radical (unpaired) electrons. The van der Waals surface area contributed by atoms with Gasteiger partial charge in [0.1, 0.15) is 70.7 Å². The van der Waals surface area contributed by atoms with E-state index in [1.807, 2.05) is 68.3 Å². The van der Waals surface area contributed by atoms with Crippen LogP contribution in [-0.4, -0.2) is 102 Å². The molecule has 111 heavy (non-hydrogen) atoms. The van der Waals surface area contributed by atoms with Crippen LogP contribution >= 0.6 is 50.7 Å². The third-order valence-electron chi connectivity index (χ3n) is 22.2. The zero-order valence-corrected chi connectivity index (χ0v) is 64.0. The fourth-order valence-corrected chi connectivity index (χ4v) is 17.5. The Balaban J connectivity index is 0.000000143. The van der Waals surface area contributed by atoms with Gasteiger partial charge in [-0.15, -0.1) is 6.58 Å². The van der Waals surface area contributed by atoms with Crippen molar-refractivity contribution in [1.82, 2.24) is 43.6 Å². The van der Waals surface area contributed by atoms with Gasteiger partial charge in [0, 0.05) is 60.8 Å². The van der Waals surface area contributed by atoms with Crippen LogP contribution in [0, 0.1) is 51.1 Å². The number of aryl methyl sites for hydroxylation is 2. The van der Waals surface area contributed by atoms with E-state index in [0.29, 0.717) is 109 Å². The first-order valence-electron chi connectivity index (χ1n) is 35.1. The number of aliphatic hydroxyl groups is 2. The number of hydrogen-bond acceptors (Lipinski definition) is 18. The number of benzene rings is 3. The van der Waals surface area contributed by atoms with Crippen LogP contribution in [0.15, 0.2) is 127 Å². The molecule has 588 valence electrons. The molecule has 11 heterocycles. The average Bonchev–Trinajstić information content (AvgIpc) is 1.57. The van der Waals surface area contributed by atoms with Gasteiger partial charge in [0.05, 0.1) is 103 Å². The molecule has 0 unspecified atom stereocenters. The summed E-state index contributed by atoms with van der Waals surface area (Å²) in [5, 5.41) is 25.1. The predicted octanol–water partition coefficient (Wildman–Crippen LogP) is 17.8. The van der Waals surface area contributed by atoms with Gasteiger partial charge >= 0.3 is 0 Å². The zero-order valence-electron chi connectivity index (χ0n) is 60.1. The number of halogens is 10. The van der Waals surface area contributed by atoms with Gasteiger partial charge in [-0.3, -0.25) is 0 Å². The Labute approximate surface area is 659 Å². The monoisotopic (exact) mass is 1650 g/mol. The molecule has 14 N–H and O–H groups in total. The molecule has 3 aromatic carbocycles. The smallest absolute Gasteiger partial charge is 0.165 e. The summed E-state index contributed by atoms with van der Waals surface area (Å²) < 4.78 is 118. The van der Waals surface area contributed by atoms with E-state index in [-0.39, 0.29) is 129 Å². The third kappa shape index (κ3) is 15.1. The van der Waals surface area contributed by atoms with Gasteiger partial charge in [0.2, 0.25) is 0 Å². The largest absolute Gasteiger partial charge is 0.390 e. The standard InChI is InChI=1S/C27H28ClF2N5O2.C24H24ClF2N5O2.C18H22FN3O2.C9H5BrClFN2.2CH4/c1-26(2)36-22-20(35-7-5-14-21(35)18(30)12-33-24(14)31)11-27(3,23(22)37-26)6-4-13-8-17(29)15-10-16(28)25(32)34-19(15)9-13;1-24(4-2-11-6-15(26)13-8-14(25)23(29)31-17(13)7-11)9-18(20(33)21(24)34)32-5-3-12-19(32)16(27)10-30-22(12)28;1-5-18(4)8-12(14-15(18)24-17(2,3)23-14)22-7-6-10-13(22)11(19)9-21-16(10)20;10-4-1-7(12)5-3-6(11)9(13)14-8(5)2-4;;/h5,7-10,12,20,22-23H,4,6,11H2,1-3H3,(H2,31,33)(H2,32,34);3,5-8,10,18,20-21,33-34H,2,4,9H2,1H3,(H2,28,30)(H2,29,31);5-7,9,12,14-15H,1,8H2,2-4H3,(H2,20,21);1-3H,(H2,13,14);2*1H4/t20-,22+,23+,27+;18-,20+,21+,24+;12-,14+,15+,18+;;;/m111.../s1. The van der Waals surface area contributed by atoms with E-state index in [2.05, 4.69) is 66.3 Å². The van der Waals surface area contributed by atoms with Gasteiger partial charge in [-0.1, -0.05) is 92.4 Å². The molecule has 17 rings (SSSR count). The highest BCUT2D eigenvalue weighted by molar-refractivity contribution is 9.10. The number of nitrogens with two attached hydrogens (primary N) is 6. The number of aliphatic hydroxyl groups excluding tert-OH is 2. The Kier molecular flexibility index (Phi) is 22.3. The lowest BCUT2D eigenvalue weighted by atomic mass is 9.80. The summed E-state index contributed by atoms with van der Waals surface area (Å²) >= 11 is 20.9. The highest BCUT2D eigenvalue weighted by Gasteiger charge is 2.61. The summed E-state index contributed by atoms with van der Waals surface area (Å²) in [5.74, 6) is -2.75. The van der Waals surface area contributed by atoms with E-state index in [9.17, 15) is 36.6 Å². The molecular weight excluding hydrogens is 1570 g/mol. The molecule has 3 saturated carbocycles. The number of rotatable bonds is 10. The number of nitrogens with zero attached hydrogens (tertiary/aromatic N) is 9. The first kappa shape index (κ1) is 81.7. The first-order valence-corrected chi connectivity index (χ1v) is 37.0. The molecule has 12 atom stereocenters. The quantitative estimate of drug-likeness (QED) is 0.0466. The molecule has 2 aliphatic heterocycles. The summed E-state index contributed by atoms with van der Waals surface area (Å²) in [5.41, 5.74) is 37.6.